The van der Waals surface area contributed by atoms with Gasteiger partial charge >= 0.3 is 0 Å². The number of hydrogen-bond donors (Lipinski definition) is 1. The fourth-order valence-electron chi connectivity index (χ4n) is 1.95. The van der Waals surface area contributed by atoms with E-state index >= 15 is 0 Å². The summed E-state index contributed by atoms with van der Waals surface area (Å²) in [5.41, 5.74) is 0. The second kappa shape index (κ2) is 6.83. The molecule has 1 saturated carbocycles. The second-order valence-electron chi connectivity index (χ2n) is 5.21. The Kier molecular flexibility index (Phi) is 5.11. The third-order valence-corrected chi connectivity index (χ3v) is 4.05. The standard InChI is InChI=1S/C14H21N3O2S/c1-3-4-7-17(13(19)11-5-6-11)9-12(18)16-14-15-8-10(2)20-14/h8,11H,3-7,9H2,1-2H3,(H,15,16,18). The number of unbranched alkanes of at least 4 members (excludes halogenated alkanes) is 1. The Hall–Kier alpha value is -1.43. The van der Waals surface area contributed by atoms with Crippen molar-refractivity contribution in [2.45, 2.75) is 39.5 Å². The summed E-state index contributed by atoms with van der Waals surface area (Å²) in [6.45, 7) is 4.82. The van der Waals surface area contributed by atoms with Crippen LogP contribution in [0.15, 0.2) is 6.20 Å². The summed E-state index contributed by atoms with van der Waals surface area (Å²) < 4.78 is 0. The molecule has 2 rings (SSSR count). The number of anilines is 1. The van der Waals surface area contributed by atoms with Crippen LogP contribution in [0.3, 0.4) is 0 Å². The highest BCUT2D eigenvalue weighted by Gasteiger charge is 2.33. The molecular weight excluding hydrogens is 274 g/mol. The molecule has 1 aliphatic carbocycles. The third kappa shape index (κ3) is 4.30. The van der Waals surface area contributed by atoms with E-state index in [1.807, 2.05) is 6.92 Å². The van der Waals surface area contributed by atoms with Gasteiger partial charge in [-0.25, -0.2) is 4.98 Å². The van der Waals surface area contributed by atoms with Crippen molar-refractivity contribution in [2.24, 2.45) is 5.92 Å². The predicted octanol–water partition coefficient (Wildman–Crippen LogP) is 2.43. The van der Waals surface area contributed by atoms with Gasteiger partial charge in [0, 0.05) is 23.5 Å². The Labute approximate surface area is 123 Å². The van der Waals surface area contributed by atoms with Gasteiger partial charge in [0.15, 0.2) is 5.13 Å². The molecule has 110 valence electrons. The third-order valence-electron chi connectivity index (χ3n) is 3.22. The van der Waals surface area contributed by atoms with Gasteiger partial charge in [-0.15, -0.1) is 11.3 Å². The van der Waals surface area contributed by atoms with Crippen molar-refractivity contribution in [3.8, 4) is 0 Å². The molecule has 0 atom stereocenters. The minimum Gasteiger partial charge on any atom is -0.333 e. The molecule has 5 nitrogen and oxygen atoms in total. The quantitative estimate of drug-likeness (QED) is 0.840. The number of nitrogens with one attached hydrogen (secondary N) is 1. The highest BCUT2D eigenvalue weighted by Crippen LogP contribution is 2.31. The monoisotopic (exact) mass is 295 g/mol. The number of aromatic nitrogens is 1. The molecule has 0 saturated heterocycles. The van der Waals surface area contributed by atoms with Gasteiger partial charge in [-0.05, 0) is 26.2 Å². The molecule has 6 heteroatoms. The molecule has 0 aromatic carbocycles. The zero-order valence-corrected chi connectivity index (χ0v) is 12.8. The van der Waals surface area contributed by atoms with E-state index in [-0.39, 0.29) is 24.3 Å². The second-order valence-corrected chi connectivity index (χ2v) is 6.45. The molecule has 1 aromatic heterocycles. The van der Waals surface area contributed by atoms with Crippen molar-refractivity contribution in [3.05, 3.63) is 11.1 Å². The van der Waals surface area contributed by atoms with Crippen molar-refractivity contribution in [3.63, 3.8) is 0 Å². The first-order valence-electron chi connectivity index (χ1n) is 7.11. The Morgan fingerprint density at radius 3 is 2.80 bits per heavy atom. The Morgan fingerprint density at radius 1 is 1.50 bits per heavy atom. The summed E-state index contributed by atoms with van der Waals surface area (Å²) in [6, 6.07) is 0. The van der Waals surface area contributed by atoms with Crippen LogP contribution in [0.5, 0.6) is 0 Å². The molecule has 0 unspecified atom stereocenters. The van der Waals surface area contributed by atoms with Gasteiger partial charge in [0.1, 0.15) is 0 Å². The van der Waals surface area contributed by atoms with Crippen LogP contribution in [0.4, 0.5) is 5.13 Å². The van der Waals surface area contributed by atoms with E-state index in [0.29, 0.717) is 11.7 Å². The Balaban J connectivity index is 1.88. The zero-order chi connectivity index (χ0) is 14.5. The molecule has 0 spiro atoms. The maximum atomic E-state index is 12.1. The molecule has 0 aliphatic heterocycles. The molecule has 1 aromatic rings. The number of carbonyl (C=O) groups is 2. The Morgan fingerprint density at radius 2 is 2.25 bits per heavy atom. The maximum absolute atomic E-state index is 12.1. The molecule has 20 heavy (non-hydrogen) atoms. The van der Waals surface area contributed by atoms with E-state index in [1.54, 1.807) is 11.1 Å². The number of hydrogen-bond acceptors (Lipinski definition) is 4. The van der Waals surface area contributed by atoms with Gasteiger partial charge in [-0.2, -0.15) is 0 Å². The van der Waals surface area contributed by atoms with Gasteiger partial charge in [-0.1, -0.05) is 13.3 Å². The topological polar surface area (TPSA) is 62.3 Å². The largest absolute Gasteiger partial charge is 0.333 e. The average Bonchev–Trinajstić information content (AvgIpc) is 3.18. The van der Waals surface area contributed by atoms with Crippen molar-refractivity contribution < 1.29 is 9.59 Å². The first-order chi connectivity index (χ1) is 9.60. The summed E-state index contributed by atoms with van der Waals surface area (Å²) in [5, 5.41) is 3.36. The highest BCUT2D eigenvalue weighted by molar-refractivity contribution is 7.15. The predicted molar refractivity (Wildman–Crippen MR) is 79.7 cm³/mol. The molecule has 0 radical (unpaired) electrons. The summed E-state index contributed by atoms with van der Waals surface area (Å²) in [4.78, 5) is 31.0. The number of carbonyl (C=O) groups excluding carboxylic acids is 2. The lowest BCUT2D eigenvalue weighted by molar-refractivity contribution is -0.135. The number of rotatable bonds is 7. The van der Waals surface area contributed by atoms with E-state index in [2.05, 4.69) is 17.2 Å². The minimum absolute atomic E-state index is 0.129. The van der Waals surface area contributed by atoms with Crippen LogP contribution in [0.25, 0.3) is 0 Å². The summed E-state index contributed by atoms with van der Waals surface area (Å²) in [7, 11) is 0. The smallest absolute Gasteiger partial charge is 0.245 e. The van der Waals surface area contributed by atoms with Crippen LogP contribution in [-0.2, 0) is 9.59 Å². The minimum atomic E-state index is -0.163. The first kappa shape index (κ1) is 15.0. The normalized spacial score (nSPS) is 14.1. The average molecular weight is 295 g/mol. The molecule has 1 aliphatic rings. The van der Waals surface area contributed by atoms with Crippen LogP contribution in [0.2, 0.25) is 0 Å². The van der Waals surface area contributed by atoms with Gasteiger partial charge < -0.3 is 10.2 Å². The van der Waals surface area contributed by atoms with Crippen LogP contribution < -0.4 is 5.32 Å². The lowest BCUT2D eigenvalue weighted by Gasteiger charge is -2.21. The number of thiazole rings is 1. The van der Waals surface area contributed by atoms with Gasteiger partial charge in [-0.3, -0.25) is 9.59 Å². The number of amides is 2. The molecule has 2 amide bonds. The van der Waals surface area contributed by atoms with E-state index in [0.717, 1.165) is 30.6 Å². The lowest BCUT2D eigenvalue weighted by Crippen LogP contribution is -2.39. The van der Waals surface area contributed by atoms with E-state index in [9.17, 15) is 9.59 Å². The van der Waals surface area contributed by atoms with Crippen LogP contribution in [-0.4, -0.2) is 34.8 Å². The van der Waals surface area contributed by atoms with Gasteiger partial charge in [0.25, 0.3) is 0 Å². The Bertz CT molecular complexity index is 483. The van der Waals surface area contributed by atoms with E-state index in [4.69, 9.17) is 0 Å². The van der Waals surface area contributed by atoms with Crippen molar-refractivity contribution in [2.75, 3.05) is 18.4 Å². The van der Waals surface area contributed by atoms with Crippen molar-refractivity contribution in [1.29, 1.82) is 0 Å². The fourth-order valence-corrected chi connectivity index (χ4v) is 2.63. The van der Waals surface area contributed by atoms with Gasteiger partial charge in [0.05, 0.1) is 6.54 Å². The zero-order valence-electron chi connectivity index (χ0n) is 12.0. The molecular formula is C14H21N3O2S. The van der Waals surface area contributed by atoms with Crippen molar-refractivity contribution >= 4 is 28.3 Å². The lowest BCUT2D eigenvalue weighted by atomic mass is 10.2. The molecule has 1 fully saturated rings. The summed E-state index contributed by atoms with van der Waals surface area (Å²) >= 11 is 1.44. The van der Waals surface area contributed by atoms with Crippen LogP contribution in [0.1, 0.15) is 37.5 Å². The SMILES string of the molecule is CCCCN(CC(=O)Nc1ncc(C)s1)C(=O)C1CC1. The highest BCUT2D eigenvalue weighted by atomic mass is 32.1. The molecule has 1 N–H and O–H groups in total. The van der Waals surface area contributed by atoms with E-state index < -0.39 is 0 Å². The van der Waals surface area contributed by atoms with E-state index in [1.165, 1.54) is 11.3 Å². The maximum Gasteiger partial charge on any atom is 0.245 e. The summed E-state index contributed by atoms with van der Waals surface area (Å²) in [6.07, 6.45) is 5.61. The summed E-state index contributed by atoms with van der Waals surface area (Å²) in [5.74, 6) is 0.120. The van der Waals surface area contributed by atoms with Crippen LogP contribution in [0, 0.1) is 12.8 Å². The first-order valence-corrected chi connectivity index (χ1v) is 7.93. The van der Waals surface area contributed by atoms with Crippen molar-refractivity contribution in [1.82, 2.24) is 9.88 Å². The fraction of sp³-hybridized carbons (Fsp3) is 0.643. The van der Waals surface area contributed by atoms with Gasteiger partial charge in [0.2, 0.25) is 11.8 Å². The number of nitrogens with zero attached hydrogens (tertiary/aromatic N) is 2. The molecule has 0 bridgehead atoms. The number of aryl methyl sites for hydroxylation is 1. The van der Waals surface area contributed by atoms with Crippen LogP contribution >= 0.6 is 11.3 Å². The molecule has 1 heterocycles.